The summed E-state index contributed by atoms with van der Waals surface area (Å²) in [5, 5.41) is 9.79. The molecule has 0 saturated heterocycles. The van der Waals surface area contributed by atoms with E-state index in [1.54, 1.807) is 31.2 Å². The average molecular weight is 256 g/mol. The number of aliphatic hydroxyl groups excluding tert-OH is 1. The highest BCUT2D eigenvalue weighted by atomic mass is 35.5. The first kappa shape index (κ1) is 14.2. The summed E-state index contributed by atoms with van der Waals surface area (Å²) in [4.78, 5) is 13.8. The topological polar surface area (TPSA) is 40.5 Å². The highest BCUT2D eigenvalue weighted by Crippen LogP contribution is 2.10. The molecule has 1 N–H and O–H groups in total. The van der Waals surface area contributed by atoms with Crippen LogP contribution in [0.25, 0.3) is 0 Å². The van der Waals surface area contributed by atoms with Gasteiger partial charge in [-0.3, -0.25) is 9.69 Å². The third-order valence-corrected chi connectivity index (χ3v) is 2.76. The molecule has 1 rings (SSSR count). The fourth-order valence-electron chi connectivity index (χ4n) is 1.46. The van der Waals surface area contributed by atoms with E-state index in [9.17, 15) is 4.79 Å². The number of benzene rings is 1. The maximum Gasteiger partial charge on any atom is 0.176 e. The standard InChI is InChI=1S/C13H18ClNO2/c1-10(16)7-8-15(2)9-13(17)11-3-5-12(14)6-4-11/h3-6,10,16H,7-9H2,1-2H3. The molecular formula is C13H18ClNO2. The number of Topliss-reactive ketones (excluding diaryl/α,β-unsaturated/α-hetero) is 1. The minimum absolute atomic E-state index is 0.0646. The lowest BCUT2D eigenvalue weighted by Crippen LogP contribution is -2.28. The van der Waals surface area contributed by atoms with Crippen LogP contribution in [0, 0.1) is 0 Å². The summed E-state index contributed by atoms with van der Waals surface area (Å²) in [6.45, 7) is 2.81. The first-order valence-corrected chi connectivity index (χ1v) is 6.02. The molecule has 0 spiro atoms. The quantitative estimate of drug-likeness (QED) is 0.793. The second kappa shape index (κ2) is 6.74. The van der Waals surface area contributed by atoms with Gasteiger partial charge >= 0.3 is 0 Å². The summed E-state index contributed by atoms with van der Waals surface area (Å²) in [5.41, 5.74) is 0.665. The Morgan fingerprint density at radius 3 is 2.53 bits per heavy atom. The molecule has 4 heteroatoms. The van der Waals surface area contributed by atoms with Crippen molar-refractivity contribution in [2.75, 3.05) is 20.1 Å². The molecule has 0 aliphatic rings. The number of hydrogen-bond donors (Lipinski definition) is 1. The summed E-state index contributed by atoms with van der Waals surface area (Å²) < 4.78 is 0. The van der Waals surface area contributed by atoms with E-state index in [0.29, 0.717) is 30.1 Å². The Morgan fingerprint density at radius 2 is 2.00 bits per heavy atom. The van der Waals surface area contributed by atoms with Crippen molar-refractivity contribution >= 4 is 17.4 Å². The monoisotopic (exact) mass is 255 g/mol. The Labute approximate surface area is 107 Å². The zero-order valence-corrected chi connectivity index (χ0v) is 10.9. The van der Waals surface area contributed by atoms with E-state index < -0.39 is 0 Å². The number of ketones is 1. The van der Waals surface area contributed by atoms with Crippen molar-refractivity contribution < 1.29 is 9.90 Å². The largest absolute Gasteiger partial charge is 0.393 e. The van der Waals surface area contributed by atoms with Gasteiger partial charge in [0.05, 0.1) is 12.6 Å². The summed E-state index contributed by atoms with van der Waals surface area (Å²) in [6, 6.07) is 6.88. The van der Waals surface area contributed by atoms with E-state index in [0.717, 1.165) is 0 Å². The van der Waals surface area contributed by atoms with Gasteiger partial charge < -0.3 is 5.11 Å². The van der Waals surface area contributed by atoms with E-state index in [-0.39, 0.29) is 11.9 Å². The van der Waals surface area contributed by atoms with Crippen LogP contribution >= 0.6 is 11.6 Å². The molecule has 1 atom stereocenters. The normalized spacial score (nSPS) is 12.8. The van der Waals surface area contributed by atoms with Crippen LogP contribution in [0.3, 0.4) is 0 Å². The van der Waals surface area contributed by atoms with Gasteiger partial charge in [-0.25, -0.2) is 0 Å². The fourth-order valence-corrected chi connectivity index (χ4v) is 1.58. The van der Waals surface area contributed by atoms with E-state index >= 15 is 0 Å². The highest BCUT2D eigenvalue weighted by molar-refractivity contribution is 6.30. The number of halogens is 1. The minimum Gasteiger partial charge on any atom is -0.393 e. The van der Waals surface area contributed by atoms with Gasteiger partial charge in [0.2, 0.25) is 0 Å². The van der Waals surface area contributed by atoms with E-state index in [4.69, 9.17) is 16.7 Å². The lowest BCUT2D eigenvalue weighted by atomic mass is 10.1. The van der Waals surface area contributed by atoms with Gasteiger partial charge in [0, 0.05) is 17.1 Å². The van der Waals surface area contributed by atoms with Crippen molar-refractivity contribution in [2.45, 2.75) is 19.4 Å². The first-order valence-electron chi connectivity index (χ1n) is 5.64. The molecule has 17 heavy (non-hydrogen) atoms. The molecule has 0 aromatic heterocycles. The molecule has 94 valence electrons. The molecule has 0 aliphatic heterocycles. The molecule has 1 aromatic carbocycles. The summed E-state index contributed by atoms with van der Waals surface area (Å²) in [7, 11) is 1.87. The van der Waals surface area contributed by atoms with Crippen LogP contribution < -0.4 is 0 Å². The van der Waals surface area contributed by atoms with Crippen LogP contribution in [0.4, 0.5) is 0 Å². The third-order valence-electron chi connectivity index (χ3n) is 2.51. The van der Waals surface area contributed by atoms with Crippen molar-refractivity contribution in [3.05, 3.63) is 34.9 Å². The maximum atomic E-state index is 11.9. The molecule has 0 saturated carbocycles. The number of carbonyl (C=O) groups excluding carboxylic acids is 1. The molecule has 1 unspecified atom stereocenters. The van der Waals surface area contributed by atoms with Gasteiger partial charge in [-0.05, 0) is 44.7 Å². The maximum absolute atomic E-state index is 11.9. The minimum atomic E-state index is -0.330. The van der Waals surface area contributed by atoms with Crippen molar-refractivity contribution in [2.24, 2.45) is 0 Å². The second-order valence-corrected chi connectivity index (χ2v) is 4.74. The number of aliphatic hydroxyl groups is 1. The van der Waals surface area contributed by atoms with Crippen LogP contribution in [-0.2, 0) is 0 Å². The van der Waals surface area contributed by atoms with Gasteiger partial charge in [0.15, 0.2) is 5.78 Å². The van der Waals surface area contributed by atoms with Gasteiger partial charge in [0.25, 0.3) is 0 Å². The third kappa shape index (κ3) is 5.31. The van der Waals surface area contributed by atoms with E-state index in [1.807, 2.05) is 11.9 Å². The molecule has 3 nitrogen and oxygen atoms in total. The van der Waals surface area contributed by atoms with Gasteiger partial charge in [-0.2, -0.15) is 0 Å². The summed E-state index contributed by atoms with van der Waals surface area (Å²) in [5.74, 6) is 0.0646. The van der Waals surface area contributed by atoms with Crippen LogP contribution in [0.15, 0.2) is 24.3 Å². The van der Waals surface area contributed by atoms with Crippen LogP contribution in [-0.4, -0.2) is 42.0 Å². The second-order valence-electron chi connectivity index (χ2n) is 4.31. The Balaban J connectivity index is 2.46. The fraction of sp³-hybridized carbons (Fsp3) is 0.462. The van der Waals surface area contributed by atoms with E-state index in [1.165, 1.54) is 0 Å². The molecular weight excluding hydrogens is 238 g/mol. The Morgan fingerprint density at radius 1 is 1.41 bits per heavy atom. The SMILES string of the molecule is CC(O)CCN(C)CC(=O)c1ccc(Cl)cc1. The summed E-state index contributed by atoms with van der Waals surface area (Å²) >= 11 is 5.76. The molecule has 0 fully saturated rings. The van der Waals surface area contributed by atoms with Crippen molar-refractivity contribution in [3.63, 3.8) is 0 Å². The van der Waals surface area contributed by atoms with Crippen LogP contribution in [0.2, 0.25) is 5.02 Å². The van der Waals surface area contributed by atoms with Crippen molar-refractivity contribution in [3.8, 4) is 0 Å². The molecule has 0 bridgehead atoms. The zero-order chi connectivity index (χ0) is 12.8. The summed E-state index contributed by atoms with van der Waals surface area (Å²) in [6.07, 6.45) is 0.341. The Kier molecular flexibility index (Phi) is 5.62. The van der Waals surface area contributed by atoms with Crippen LogP contribution in [0.5, 0.6) is 0 Å². The highest BCUT2D eigenvalue weighted by Gasteiger charge is 2.09. The molecule has 0 radical (unpaired) electrons. The lowest BCUT2D eigenvalue weighted by Gasteiger charge is -2.16. The number of rotatable bonds is 6. The van der Waals surface area contributed by atoms with Gasteiger partial charge in [-0.1, -0.05) is 11.6 Å². The Bertz CT molecular complexity index is 362. The molecule has 0 aliphatic carbocycles. The molecule has 1 aromatic rings. The van der Waals surface area contributed by atoms with Crippen LogP contribution in [0.1, 0.15) is 23.7 Å². The predicted octanol–water partition coefficient (Wildman–Crippen LogP) is 2.23. The van der Waals surface area contributed by atoms with Crippen molar-refractivity contribution in [1.82, 2.24) is 4.90 Å². The number of likely N-dealkylation sites (N-methyl/N-ethyl adjacent to an activating group) is 1. The smallest absolute Gasteiger partial charge is 0.176 e. The number of nitrogens with zero attached hydrogens (tertiary/aromatic N) is 1. The average Bonchev–Trinajstić information content (AvgIpc) is 2.27. The van der Waals surface area contributed by atoms with Gasteiger partial charge in [0.1, 0.15) is 0 Å². The lowest BCUT2D eigenvalue weighted by molar-refractivity contribution is 0.0931. The predicted molar refractivity (Wildman–Crippen MR) is 69.6 cm³/mol. The Hall–Kier alpha value is -0.900. The van der Waals surface area contributed by atoms with Crippen molar-refractivity contribution in [1.29, 1.82) is 0 Å². The zero-order valence-electron chi connectivity index (χ0n) is 10.2. The number of hydrogen-bond acceptors (Lipinski definition) is 3. The molecule has 0 amide bonds. The van der Waals surface area contributed by atoms with E-state index in [2.05, 4.69) is 0 Å². The number of carbonyl (C=O) groups is 1. The van der Waals surface area contributed by atoms with Gasteiger partial charge in [-0.15, -0.1) is 0 Å². The first-order chi connectivity index (χ1) is 7.99. The molecule has 0 heterocycles.